The van der Waals surface area contributed by atoms with Gasteiger partial charge in [-0.2, -0.15) is 0 Å². The molecule has 0 heterocycles. The number of unbranched alkanes of at least 4 members (excludes halogenated alkanes) is 2. The van der Waals surface area contributed by atoms with Gasteiger partial charge in [0.2, 0.25) is 0 Å². The van der Waals surface area contributed by atoms with E-state index in [0.717, 1.165) is 25.7 Å². The molecule has 0 saturated heterocycles. The van der Waals surface area contributed by atoms with E-state index < -0.39 is 45.0 Å². The van der Waals surface area contributed by atoms with E-state index in [2.05, 4.69) is 0 Å². The fourth-order valence-electron chi connectivity index (χ4n) is 3.16. The molecule has 0 saturated carbocycles. The second-order valence-electron chi connectivity index (χ2n) is 7.36. The van der Waals surface area contributed by atoms with Crippen molar-refractivity contribution in [2.75, 3.05) is 0 Å². The minimum absolute atomic E-state index is 0. The molecule has 0 N–H and O–H groups in total. The first-order valence-corrected chi connectivity index (χ1v) is 13.0. The number of rotatable bonds is 17. The summed E-state index contributed by atoms with van der Waals surface area (Å²) in [7, 11) is 0. The third-order valence-electron chi connectivity index (χ3n) is 5.08. The largest absolute Gasteiger partial charge is 1.00 e. The van der Waals surface area contributed by atoms with Crippen LogP contribution in [0.1, 0.15) is 93.3 Å². The van der Waals surface area contributed by atoms with Gasteiger partial charge in [0.1, 0.15) is 0 Å². The summed E-state index contributed by atoms with van der Waals surface area (Å²) in [6.07, 6.45) is 5.01. The van der Waals surface area contributed by atoms with Crippen LogP contribution in [0.2, 0.25) is 0 Å². The standard InChI is InChI=1S/C20H38O8S2.Na.H/c1-5-9-11-15(7-3)19(29(23)24)27-17(21)13-14-18(22)28-20(30(25)26)16(8-4)12-10-6-2;;/h15-16,19-20H,5-14H2,1-4H3,(H,23,24)(H,25,26);;/q;+1;-1/p-2. The molecule has 0 aromatic carbocycles. The van der Waals surface area contributed by atoms with Crippen molar-refractivity contribution in [3.63, 3.8) is 0 Å². The Kier molecular flexibility index (Phi) is 21.1. The summed E-state index contributed by atoms with van der Waals surface area (Å²) in [4.78, 5) is 24.2. The summed E-state index contributed by atoms with van der Waals surface area (Å²) >= 11 is -5.18. The Morgan fingerprint density at radius 2 is 1.10 bits per heavy atom. The Morgan fingerprint density at radius 3 is 1.32 bits per heavy atom. The Bertz CT molecular complexity index is 520. The van der Waals surface area contributed by atoms with Gasteiger partial charge in [0.15, 0.2) is 10.9 Å². The molecule has 180 valence electrons. The normalized spacial score (nSPS) is 16.8. The van der Waals surface area contributed by atoms with Gasteiger partial charge in [-0.1, -0.05) is 53.4 Å². The smallest absolute Gasteiger partial charge is 1.00 e. The summed E-state index contributed by atoms with van der Waals surface area (Å²) in [6.45, 7) is 7.64. The number of hydrogen-bond acceptors (Lipinski definition) is 8. The predicted molar refractivity (Wildman–Crippen MR) is 115 cm³/mol. The molecule has 6 atom stereocenters. The molecule has 0 fully saturated rings. The maximum atomic E-state index is 12.1. The number of hydrogen-bond donors (Lipinski definition) is 0. The average molecular weight is 493 g/mol. The Balaban J connectivity index is -0.00000420. The number of ether oxygens (including phenoxy) is 2. The quantitative estimate of drug-likeness (QED) is 0.165. The van der Waals surface area contributed by atoms with E-state index in [1.165, 1.54) is 0 Å². The summed E-state index contributed by atoms with van der Waals surface area (Å²) < 4.78 is 56.3. The van der Waals surface area contributed by atoms with Crippen molar-refractivity contribution in [1.82, 2.24) is 0 Å². The number of carbonyl (C=O) groups excluding carboxylic acids is 2. The molecule has 6 unspecified atom stereocenters. The minimum atomic E-state index is -2.59. The van der Waals surface area contributed by atoms with Gasteiger partial charge >= 0.3 is 41.5 Å². The number of esters is 2. The second kappa shape index (κ2) is 19.6. The zero-order chi connectivity index (χ0) is 23.1. The Morgan fingerprint density at radius 1 is 0.774 bits per heavy atom. The fourth-order valence-corrected chi connectivity index (χ4v) is 4.82. The summed E-state index contributed by atoms with van der Waals surface area (Å²) in [5.41, 5.74) is -2.52. The molecule has 0 aliphatic heterocycles. The van der Waals surface area contributed by atoms with E-state index in [0.29, 0.717) is 25.7 Å². The first-order valence-electron chi connectivity index (χ1n) is 10.8. The average Bonchev–Trinajstić information content (AvgIpc) is 2.71. The monoisotopic (exact) mass is 492 g/mol. The molecular weight excluding hydrogens is 455 g/mol. The summed E-state index contributed by atoms with van der Waals surface area (Å²) in [5, 5.41) is 0. The molecule has 0 rings (SSSR count). The molecule has 0 aliphatic carbocycles. The van der Waals surface area contributed by atoms with Gasteiger partial charge in [0, 0.05) is 11.8 Å². The SMILES string of the molecule is CCCCC(CC)C(OC(=O)CCC(=O)OC(C(CC)CCCC)S(=O)[O-])S(=O)[O-].[H-].[Na+]. The van der Waals surface area contributed by atoms with Crippen LogP contribution in [0.5, 0.6) is 0 Å². The van der Waals surface area contributed by atoms with Crippen LogP contribution in [0.4, 0.5) is 0 Å². The fraction of sp³-hybridized carbons (Fsp3) is 0.900. The molecule has 0 amide bonds. The third-order valence-corrected chi connectivity index (χ3v) is 6.80. The maximum Gasteiger partial charge on any atom is 1.00 e. The first-order chi connectivity index (χ1) is 14.2. The van der Waals surface area contributed by atoms with Crippen LogP contribution < -0.4 is 29.6 Å². The van der Waals surface area contributed by atoms with Gasteiger partial charge in [0.25, 0.3) is 0 Å². The molecular formula is C20H37NaO8S2-2. The molecule has 0 bridgehead atoms. The molecule has 0 spiro atoms. The van der Waals surface area contributed by atoms with E-state index in [9.17, 15) is 27.1 Å². The Labute approximate surface area is 215 Å². The van der Waals surface area contributed by atoms with E-state index in [1.54, 1.807) is 0 Å². The number of carbonyl (C=O) groups is 2. The van der Waals surface area contributed by atoms with E-state index in [-0.39, 0.29) is 55.7 Å². The van der Waals surface area contributed by atoms with Crippen molar-refractivity contribution in [3.05, 3.63) is 0 Å². The molecule has 0 aromatic heterocycles. The van der Waals surface area contributed by atoms with Crippen LogP contribution in [0.3, 0.4) is 0 Å². The van der Waals surface area contributed by atoms with Gasteiger partial charge in [0.05, 0.1) is 12.8 Å². The minimum Gasteiger partial charge on any atom is -1.00 e. The van der Waals surface area contributed by atoms with Crippen LogP contribution in [-0.2, 0) is 41.2 Å². The van der Waals surface area contributed by atoms with Crippen LogP contribution in [0, 0.1) is 11.8 Å². The van der Waals surface area contributed by atoms with Crippen LogP contribution in [-0.4, -0.2) is 40.3 Å². The van der Waals surface area contributed by atoms with Crippen LogP contribution in [0.15, 0.2) is 0 Å². The van der Waals surface area contributed by atoms with Gasteiger partial charge in [-0.25, -0.2) is 0 Å². The summed E-state index contributed by atoms with van der Waals surface area (Å²) in [5.74, 6) is -2.27. The first kappa shape index (κ1) is 33.3. The van der Waals surface area contributed by atoms with Crippen LogP contribution >= 0.6 is 0 Å². The zero-order valence-corrected chi connectivity index (χ0v) is 23.1. The van der Waals surface area contributed by atoms with Crippen molar-refractivity contribution in [1.29, 1.82) is 0 Å². The van der Waals surface area contributed by atoms with E-state index in [1.807, 2.05) is 27.7 Å². The second-order valence-corrected chi connectivity index (χ2v) is 9.33. The molecule has 11 heteroatoms. The van der Waals surface area contributed by atoms with Crippen molar-refractivity contribution in [2.45, 2.75) is 103 Å². The molecule has 0 aliphatic rings. The van der Waals surface area contributed by atoms with Crippen molar-refractivity contribution < 1.29 is 67.6 Å². The van der Waals surface area contributed by atoms with Gasteiger partial charge in [-0.15, -0.1) is 0 Å². The van der Waals surface area contributed by atoms with E-state index >= 15 is 0 Å². The van der Waals surface area contributed by atoms with Crippen LogP contribution in [0.25, 0.3) is 0 Å². The topological polar surface area (TPSA) is 133 Å². The zero-order valence-electron chi connectivity index (χ0n) is 20.5. The molecule has 0 radical (unpaired) electrons. The molecule has 31 heavy (non-hydrogen) atoms. The maximum absolute atomic E-state index is 12.1. The summed E-state index contributed by atoms with van der Waals surface area (Å²) in [6, 6.07) is 0. The Hall–Kier alpha value is 0.160. The molecule has 0 aromatic rings. The molecule has 8 nitrogen and oxygen atoms in total. The predicted octanol–water partition coefficient (Wildman–Crippen LogP) is 0.813. The van der Waals surface area contributed by atoms with E-state index in [4.69, 9.17) is 9.47 Å². The van der Waals surface area contributed by atoms with Gasteiger partial charge in [-0.05, 0) is 47.8 Å². The van der Waals surface area contributed by atoms with Crippen molar-refractivity contribution >= 4 is 34.1 Å². The van der Waals surface area contributed by atoms with Gasteiger partial charge in [-0.3, -0.25) is 18.0 Å². The van der Waals surface area contributed by atoms with Crippen molar-refractivity contribution in [2.24, 2.45) is 11.8 Å². The van der Waals surface area contributed by atoms with Gasteiger partial charge < -0.3 is 20.0 Å². The third kappa shape index (κ3) is 14.1. The van der Waals surface area contributed by atoms with Crippen molar-refractivity contribution in [3.8, 4) is 0 Å².